The van der Waals surface area contributed by atoms with E-state index in [4.69, 9.17) is 18.5 Å². The van der Waals surface area contributed by atoms with E-state index in [1.807, 2.05) is 6.66 Å². The second-order valence-electron chi connectivity index (χ2n) is 9.83. The largest absolute Gasteiger partial charge is 0.469 e. The van der Waals surface area contributed by atoms with Crippen LogP contribution in [0.5, 0.6) is 5.75 Å². The first kappa shape index (κ1) is 28.9. The van der Waals surface area contributed by atoms with Gasteiger partial charge in [0, 0.05) is 32.4 Å². The van der Waals surface area contributed by atoms with Crippen molar-refractivity contribution >= 4 is 14.3 Å². The number of hydrogen-bond donors (Lipinski definition) is 0. The van der Waals surface area contributed by atoms with Gasteiger partial charge in [0.25, 0.3) is 0 Å². The highest BCUT2D eigenvalue weighted by Crippen LogP contribution is 2.44. The maximum atomic E-state index is 11.7. The van der Waals surface area contributed by atoms with Crippen LogP contribution in [0, 0.1) is 5.92 Å². The number of methoxy groups -OCH3 is 2. The van der Waals surface area contributed by atoms with Gasteiger partial charge in [0.1, 0.15) is 5.75 Å². The van der Waals surface area contributed by atoms with Crippen molar-refractivity contribution in [2.45, 2.75) is 85.0 Å². The van der Waals surface area contributed by atoms with Crippen LogP contribution in [0.25, 0.3) is 0 Å². The minimum Gasteiger partial charge on any atom is -0.469 e. The molecule has 6 heteroatoms. The molecule has 0 heterocycles. The maximum Gasteiger partial charge on any atom is 0.305 e. The van der Waals surface area contributed by atoms with Gasteiger partial charge in [-0.2, -0.15) is 0 Å². The third kappa shape index (κ3) is 11.1. The molecule has 0 aliphatic heterocycles. The lowest BCUT2D eigenvalue weighted by molar-refractivity contribution is -0.140. The van der Waals surface area contributed by atoms with E-state index in [-0.39, 0.29) is 11.4 Å². The number of esters is 1. The summed E-state index contributed by atoms with van der Waals surface area (Å²) in [7, 11) is 2.17. The van der Waals surface area contributed by atoms with Gasteiger partial charge in [0.05, 0.1) is 13.7 Å². The molecular formula is C26H45O5P. The predicted molar refractivity (Wildman–Crippen MR) is 134 cm³/mol. The summed E-state index contributed by atoms with van der Waals surface area (Å²) in [5.74, 6) is 1.28. The molecule has 184 valence electrons. The average molecular weight is 469 g/mol. The summed E-state index contributed by atoms with van der Waals surface area (Å²) in [6, 6.07) is 4.40. The van der Waals surface area contributed by atoms with Gasteiger partial charge in [-0.3, -0.25) is 4.79 Å². The van der Waals surface area contributed by atoms with E-state index < -0.39 is 8.38 Å². The van der Waals surface area contributed by atoms with Crippen molar-refractivity contribution in [2.24, 2.45) is 5.92 Å². The number of benzene rings is 1. The average Bonchev–Trinajstić information content (AvgIpc) is 2.71. The Balaban J connectivity index is 2.97. The summed E-state index contributed by atoms with van der Waals surface area (Å²) in [4.78, 5) is 11.7. The minimum atomic E-state index is -1.02. The van der Waals surface area contributed by atoms with Crippen LogP contribution in [0.1, 0.15) is 83.4 Å². The fraction of sp³-hybridized carbons (Fsp3) is 0.731. The summed E-state index contributed by atoms with van der Waals surface area (Å²) >= 11 is 0. The molecule has 0 aromatic heterocycles. The van der Waals surface area contributed by atoms with Crippen molar-refractivity contribution in [3.63, 3.8) is 0 Å². The van der Waals surface area contributed by atoms with E-state index in [1.165, 1.54) is 24.7 Å². The highest BCUT2D eigenvalue weighted by Gasteiger charge is 2.25. The number of rotatable bonds is 15. The van der Waals surface area contributed by atoms with E-state index in [9.17, 15) is 4.79 Å². The molecule has 1 unspecified atom stereocenters. The van der Waals surface area contributed by atoms with E-state index >= 15 is 0 Å². The maximum absolute atomic E-state index is 11.7. The monoisotopic (exact) mass is 468 g/mol. The van der Waals surface area contributed by atoms with Crippen molar-refractivity contribution in [1.82, 2.24) is 0 Å². The van der Waals surface area contributed by atoms with E-state index in [2.05, 4.69) is 46.8 Å². The molecule has 1 atom stereocenters. The Bertz CT molecular complexity index is 682. The third-order valence-corrected chi connectivity index (χ3v) is 6.23. The summed E-state index contributed by atoms with van der Waals surface area (Å²) in [5, 5.41) is 0. The van der Waals surface area contributed by atoms with Crippen molar-refractivity contribution in [2.75, 3.05) is 34.1 Å². The lowest BCUT2D eigenvalue weighted by Crippen LogP contribution is -2.16. The number of ether oxygens (including phenoxy) is 2. The van der Waals surface area contributed by atoms with Crippen LogP contribution in [0.3, 0.4) is 0 Å². The summed E-state index contributed by atoms with van der Waals surface area (Å²) in [6.07, 6.45) is 6.43. The molecule has 1 rings (SSSR count). The van der Waals surface area contributed by atoms with Crippen molar-refractivity contribution in [1.29, 1.82) is 0 Å². The molecule has 0 aliphatic rings. The molecule has 1 aromatic carbocycles. The standard InChI is InChI=1S/C26H45O5P/c1-20(2)17-22-18-21(13-14-24(27)29-7)19-23(26(3,4)5)25(22)31-32(8)30-16-12-10-9-11-15-28-6/h18-20H,9-17H2,1-8H3. The molecule has 32 heavy (non-hydrogen) atoms. The number of aryl methyl sites for hydroxylation is 1. The molecule has 0 saturated heterocycles. The van der Waals surface area contributed by atoms with Gasteiger partial charge in [-0.15, -0.1) is 0 Å². The number of hydrogen-bond acceptors (Lipinski definition) is 5. The van der Waals surface area contributed by atoms with Crippen LogP contribution in [0.15, 0.2) is 12.1 Å². The molecule has 0 spiro atoms. The molecule has 0 fully saturated rings. The smallest absolute Gasteiger partial charge is 0.305 e. The zero-order valence-corrected chi connectivity index (χ0v) is 22.5. The van der Waals surface area contributed by atoms with Crippen LogP contribution >= 0.6 is 8.38 Å². The Morgan fingerprint density at radius 3 is 2.25 bits per heavy atom. The van der Waals surface area contributed by atoms with Crippen molar-refractivity contribution in [3.05, 3.63) is 28.8 Å². The second-order valence-corrected chi connectivity index (χ2v) is 11.1. The van der Waals surface area contributed by atoms with Crippen LogP contribution in [0.2, 0.25) is 0 Å². The molecule has 0 bridgehead atoms. The van der Waals surface area contributed by atoms with Crippen LogP contribution in [0.4, 0.5) is 0 Å². The predicted octanol–water partition coefficient (Wildman–Crippen LogP) is 6.83. The highest BCUT2D eigenvalue weighted by atomic mass is 31.2. The highest BCUT2D eigenvalue weighted by molar-refractivity contribution is 7.46. The van der Waals surface area contributed by atoms with Gasteiger partial charge >= 0.3 is 5.97 Å². The quantitative estimate of drug-likeness (QED) is 0.160. The molecule has 0 saturated carbocycles. The Labute approximate surface area is 197 Å². The molecule has 0 radical (unpaired) electrons. The third-order valence-electron chi connectivity index (χ3n) is 5.24. The van der Waals surface area contributed by atoms with Gasteiger partial charge in [-0.25, -0.2) is 0 Å². The van der Waals surface area contributed by atoms with Gasteiger partial charge in [-0.05, 0) is 48.1 Å². The fourth-order valence-electron chi connectivity index (χ4n) is 3.55. The fourth-order valence-corrected chi connectivity index (χ4v) is 4.47. The number of carbonyl (C=O) groups is 1. The zero-order valence-electron chi connectivity index (χ0n) is 21.6. The van der Waals surface area contributed by atoms with Crippen LogP contribution in [-0.2, 0) is 37.0 Å². The van der Waals surface area contributed by atoms with Crippen molar-refractivity contribution in [3.8, 4) is 5.75 Å². The molecule has 1 aromatic rings. The summed E-state index contributed by atoms with van der Waals surface area (Å²) in [6.45, 7) is 14.6. The van der Waals surface area contributed by atoms with Gasteiger partial charge in [0.2, 0.25) is 8.38 Å². The molecular weight excluding hydrogens is 423 g/mol. The Hall–Kier alpha value is -1.16. The first-order valence-electron chi connectivity index (χ1n) is 11.8. The Kier molecular flexibility index (Phi) is 13.4. The van der Waals surface area contributed by atoms with E-state index in [0.717, 1.165) is 50.2 Å². The first-order chi connectivity index (χ1) is 15.1. The van der Waals surface area contributed by atoms with E-state index in [0.29, 0.717) is 18.8 Å². The van der Waals surface area contributed by atoms with Gasteiger partial charge in [0.15, 0.2) is 0 Å². The minimum absolute atomic E-state index is 0.0835. The molecule has 0 amide bonds. The lowest BCUT2D eigenvalue weighted by atomic mass is 9.82. The summed E-state index contributed by atoms with van der Waals surface area (Å²) < 4.78 is 22.5. The lowest BCUT2D eigenvalue weighted by Gasteiger charge is -2.28. The normalized spacial score (nSPS) is 12.8. The molecule has 0 aliphatic carbocycles. The van der Waals surface area contributed by atoms with Crippen LogP contribution in [-0.4, -0.2) is 40.1 Å². The molecule has 5 nitrogen and oxygen atoms in total. The summed E-state index contributed by atoms with van der Waals surface area (Å²) in [5.41, 5.74) is 3.44. The Morgan fingerprint density at radius 1 is 1.03 bits per heavy atom. The second kappa shape index (κ2) is 14.9. The zero-order chi connectivity index (χ0) is 24.1. The van der Waals surface area contributed by atoms with Crippen LogP contribution < -0.4 is 4.52 Å². The molecule has 0 N–H and O–H groups in total. The topological polar surface area (TPSA) is 54.0 Å². The SMILES string of the molecule is COCCCCCCOP(C)Oc1c(CC(C)C)cc(CCC(=O)OC)cc1C(C)(C)C. The number of carbonyl (C=O) groups excluding carboxylic acids is 1. The first-order valence-corrected chi connectivity index (χ1v) is 13.5. The van der Waals surface area contributed by atoms with Gasteiger partial charge < -0.3 is 18.5 Å². The Morgan fingerprint density at radius 2 is 1.69 bits per heavy atom. The number of unbranched alkanes of at least 4 members (excludes halogenated alkanes) is 3. The van der Waals surface area contributed by atoms with Crippen molar-refractivity contribution < 1.29 is 23.3 Å². The van der Waals surface area contributed by atoms with E-state index in [1.54, 1.807) is 7.11 Å². The van der Waals surface area contributed by atoms with Gasteiger partial charge in [-0.1, -0.05) is 59.6 Å².